The van der Waals surface area contributed by atoms with Crippen molar-refractivity contribution in [3.05, 3.63) is 28.2 Å². The number of hydrogen-bond acceptors (Lipinski definition) is 1. The lowest BCUT2D eigenvalue weighted by atomic mass is 9.48. The van der Waals surface area contributed by atoms with Crippen molar-refractivity contribution in [2.45, 2.75) is 82.8 Å². The van der Waals surface area contributed by atoms with Gasteiger partial charge in [0.05, 0.1) is 0 Å². The molecule has 0 aliphatic heterocycles. The summed E-state index contributed by atoms with van der Waals surface area (Å²) in [5, 5.41) is 0.230. The van der Waals surface area contributed by atoms with Crippen LogP contribution < -0.4 is 4.43 Å². The van der Waals surface area contributed by atoms with Crippen molar-refractivity contribution in [1.29, 1.82) is 0 Å². The Balaban J connectivity index is 1.74. The van der Waals surface area contributed by atoms with Crippen LogP contribution in [0.1, 0.15) is 64.9 Å². The molecule has 4 aliphatic carbocycles. The summed E-state index contributed by atoms with van der Waals surface area (Å²) < 4.78 is 8.02. The molecule has 4 bridgehead atoms. The highest BCUT2D eigenvalue weighted by Crippen LogP contribution is 2.62. The SMILES string of the molecule is CC(C)(C)[Si](C)(C)Oc1cc(Br)ccc1C12CC3CC(CC(C3)C1)C2. The van der Waals surface area contributed by atoms with E-state index in [1.807, 2.05) is 0 Å². The normalized spacial score (nSPS) is 34.4. The number of halogens is 1. The molecule has 25 heavy (non-hydrogen) atoms. The van der Waals surface area contributed by atoms with E-state index in [4.69, 9.17) is 4.43 Å². The zero-order valence-corrected chi connectivity index (χ0v) is 19.1. The third-order valence-electron chi connectivity index (χ3n) is 7.72. The summed E-state index contributed by atoms with van der Waals surface area (Å²) in [6, 6.07) is 6.89. The molecule has 0 N–H and O–H groups in total. The van der Waals surface area contributed by atoms with E-state index in [1.54, 1.807) is 0 Å². The van der Waals surface area contributed by atoms with Gasteiger partial charge in [-0.2, -0.15) is 0 Å². The van der Waals surface area contributed by atoms with Gasteiger partial charge < -0.3 is 4.43 Å². The first-order valence-corrected chi connectivity index (χ1v) is 13.8. The Kier molecular flexibility index (Phi) is 4.24. The van der Waals surface area contributed by atoms with Crippen LogP contribution in [-0.2, 0) is 5.41 Å². The minimum Gasteiger partial charge on any atom is -0.543 e. The Morgan fingerprint density at radius 3 is 2.00 bits per heavy atom. The molecule has 138 valence electrons. The molecule has 1 aromatic rings. The zero-order chi connectivity index (χ0) is 18.0. The summed E-state index contributed by atoms with van der Waals surface area (Å²) >= 11 is 3.70. The molecular weight excluding hydrogens is 388 g/mol. The molecule has 5 rings (SSSR count). The van der Waals surface area contributed by atoms with Gasteiger partial charge in [0, 0.05) is 4.47 Å². The highest BCUT2D eigenvalue weighted by atomic mass is 79.9. The van der Waals surface area contributed by atoms with Crippen molar-refractivity contribution >= 4 is 24.2 Å². The van der Waals surface area contributed by atoms with E-state index in [0.717, 1.165) is 22.2 Å². The van der Waals surface area contributed by atoms with Crippen LogP contribution in [-0.4, -0.2) is 8.32 Å². The Labute approximate surface area is 163 Å². The van der Waals surface area contributed by atoms with Crippen molar-refractivity contribution in [2.75, 3.05) is 0 Å². The molecular formula is C22H33BrOSi. The molecule has 0 heterocycles. The van der Waals surface area contributed by atoms with Gasteiger partial charge in [-0.25, -0.2) is 0 Å². The Morgan fingerprint density at radius 1 is 1.00 bits per heavy atom. The average Bonchev–Trinajstić information content (AvgIpc) is 2.43. The first kappa shape index (κ1) is 18.1. The molecule has 4 fully saturated rings. The van der Waals surface area contributed by atoms with Crippen LogP contribution in [0.15, 0.2) is 22.7 Å². The predicted octanol–water partition coefficient (Wildman–Crippen LogP) is 7.30. The Hall–Kier alpha value is -0.283. The zero-order valence-electron chi connectivity index (χ0n) is 16.5. The number of rotatable bonds is 3. The fraction of sp³-hybridized carbons (Fsp3) is 0.727. The molecule has 0 amide bonds. The maximum Gasteiger partial charge on any atom is 0.250 e. The van der Waals surface area contributed by atoms with Crippen LogP contribution in [0.2, 0.25) is 18.1 Å². The lowest BCUT2D eigenvalue weighted by Gasteiger charge is -2.57. The van der Waals surface area contributed by atoms with Gasteiger partial charge in [-0.05, 0) is 97.5 Å². The lowest BCUT2D eigenvalue weighted by molar-refractivity contribution is -0.00587. The van der Waals surface area contributed by atoms with Gasteiger partial charge in [-0.3, -0.25) is 0 Å². The summed E-state index contributed by atoms with van der Waals surface area (Å²) in [6.07, 6.45) is 8.67. The second-order valence-electron chi connectivity index (χ2n) is 10.7. The highest BCUT2D eigenvalue weighted by Gasteiger charge is 2.53. The van der Waals surface area contributed by atoms with Gasteiger partial charge in [-0.15, -0.1) is 0 Å². The van der Waals surface area contributed by atoms with Crippen LogP contribution in [0.4, 0.5) is 0 Å². The molecule has 0 radical (unpaired) electrons. The summed E-state index contributed by atoms with van der Waals surface area (Å²) in [5.41, 5.74) is 1.92. The third kappa shape index (κ3) is 3.14. The maximum atomic E-state index is 6.88. The summed E-state index contributed by atoms with van der Waals surface area (Å²) in [5.74, 6) is 4.09. The molecule has 0 saturated heterocycles. The van der Waals surface area contributed by atoms with Crippen LogP contribution in [0, 0.1) is 17.8 Å². The molecule has 1 aromatic carbocycles. The smallest absolute Gasteiger partial charge is 0.250 e. The van der Waals surface area contributed by atoms with Crippen molar-refractivity contribution in [1.82, 2.24) is 0 Å². The number of hydrogen-bond donors (Lipinski definition) is 0. The monoisotopic (exact) mass is 420 g/mol. The first-order chi connectivity index (χ1) is 11.6. The largest absolute Gasteiger partial charge is 0.543 e. The molecule has 0 aromatic heterocycles. The minimum atomic E-state index is -1.83. The molecule has 4 saturated carbocycles. The summed E-state index contributed by atoms with van der Waals surface area (Å²) in [6.45, 7) is 11.7. The second kappa shape index (κ2) is 5.86. The second-order valence-corrected chi connectivity index (χ2v) is 16.3. The predicted molar refractivity (Wildman–Crippen MR) is 112 cm³/mol. The molecule has 3 heteroatoms. The van der Waals surface area contributed by atoms with E-state index < -0.39 is 8.32 Å². The fourth-order valence-electron chi connectivity index (χ4n) is 5.89. The van der Waals surface area contributed by atoms with Gasteiger partial charge in [-0.1, -0.05) is 42.8 Å². The molecule has 0 unspecified atom stereocenters. The Bertz CT molecular complexity index is 638. The van der Waals surface area contributed by atoms with E-state index >= 15 is 0 Å². The van der Waals surface area contributed by atoms with Gasteiger partial charge >= 0.3 is 0 Å². The van der Waals surface area contributed by atoms with Gasteiger partial charge in [0.25, 0.3) is 0 Å². The van der Waals surface area contributed by atoms with Crippen molar-refractivity contribution < 1.29 is 4.43 Å². The maximum absolute atomic E-state index is 6.88. The first-order valence-electron chi connectivity index (χ1n) is 10.1. The van der Waals surface area contributed by atoms with Crippen molar-refractivity contribution in [3.63, 3.8) is 0 Å². The highest BCUT2D eigenvalue weighted by molar-refractivity contribution is 9.10. The van der Waals surface area contributed by atoms with Crippen molar-refractivity contribution in [2.24, 2.45) is 17.8 Å². The topological polar surface area (TPSA) is 9.23 Å². The van der Waals surface area contributed by atoms with Gasteiger partial charge in [0.1, 0.15) is 5.75 Å². The third-order valence-corrected chi connectivity index (χ3v) is 12.6. The quantitative estimate of drug-likeness (QED) is 0.465. The van der Waals surface area contributed by atoms with Crippen LogP contribution in [0.5, 0.6) is 5.75 Å². The molecule has 0 spiro atoms. The van der Waals surface area contributed by atoms with Gasteiger partial charge in [0.15, 0.2) is 0 Å². The standard InChI is InChI=1S/C22H33BrOSi/c1-21(2,3)25(4,5)24-20-11-18(23)6-7-19(20)22-12-15-8-16(13-22)10-17(9-15)14-22/h6-7,11,15-17H,8-10,12-14H2,1-5H3. The Morgan fingerprint density at radius 2 is 1.52 bits per heavy atom. The van der Waals surface area contributed by atoms with E-state index in [1.165, 1.54) is 49.8 Å². The number of benzene rings is 1. The molecule has 1 nitrogen and oxygen atoms in total. The van der Waals surface area contributed by atoms with Gasteiger partial charge in [0.2, 0.25) is 8.32 Å². The molecule has 4 aliphatic rings. The van der Waals surface area contributed by atoms with Crippen LogP contribution in [0.25, 0.3) is 0 Å². The average molecular weight is 421 g/mol. The summed E-state index contributed by atoms with van der Waals surface area (Å²) in [7, 11) is -1.83. The van der Waals surface area contributed by atoms with E-state index in [2.05, 4.69) is 68.0 Å². The minimum absolute atomic E-state index is 0.230. The van der Waals surface area contributed by atoms with Crippen LogP contribution >= 0.6 is 15.9 Å². The van der Waals surface area contributed by atoms with E-state index in [0.29, 0.717) is 5.41 Å². The van der Waals surface area contributed by atoms with E-state index in [-0.39, 0.29) is 5.04 Å². The fourth-order valence-corrected chi connectivity index (χ4v) is 7.25. The lowest BCUT2D eigenvalue weighted by Crippen LogP contribution is -2.49. The molecule has 0 atom stereocenters. The van der Waals surface area contributed by atoms with Crippen molar-refractivity contribution in [3.8, 4) is 5.75 Å². The summed E-state index contributed by atoms with van der Waals surface area (Å²) in [4.78, 5) is 0. The van der Waals surface area contributed by atoms with E-state index in [9.17, 15) is 0 Å². The van der Waals surface area contributed by atoms with Crippen LogP contribution in [0.3, 0.4) is 0 Å².